The summed E-state index contributed by atoms with van der Waals surface area (Å²) in [4.78, 5) is 0. The average molecular weight is 251 g/mol. The minimum Gasteiger partial charge on any atom is -0.464 e. The van der Waals surface area contributed by atoms with Gasteiger partial charge in [-0.3, -0.25) is 0 Å². The molecule has 0 saturated heterocycles. The predicted octanol–water partition coefficient (Wildman–Crippen LogP) is 2.59. The Bertz CT molecular complexity index is 521. The van der Waals surface area contributed by atoms with E-state index < -0.39 is 12.3 Å². The smallest absolute Gasteiger partial charge is 0.134 e. The first-order valence-corrected chi connectivity index (χ1v) is 6.09. The van der Waals surface area contributed by atoms with E-state index >= 15 is 0 Å². The maximum absolute atomic E-state index is 13.4. The number of hydrogen-bond acceptors (Lipinski definition) is 3. The van der Waals surface area contributed by atoms with Gasteiger partial charge >= 0.3 is 0 Å². The molecular weight excluding hydrogens is 233 g/mol. The zero-order valence-corrected chi connectivity index (χ0v) is 10.6. The lowest BCUT2D eigenvalue weighted by Gasteiger charge is -2.33. The predicted molar refractivity (Wildman–Crippen MR) is 69.2 cm³/mol. The highest BCUT2D eigenvalue weighted by atomic mass is 19.1. The lowest BCUT2D eigenvalue weighted by atomic mass is 9.85. The van der Waals surface area contributed by atoms with Crippen LogP contribution in [-0.2, 0) is 5.60 Å². The summed E-state index contributed by atoms with van der Waals surface area (Å²) in [6.45, 7) is 1.08. The fourth-order valence-electron chi connectivity index (χ4n) is 2.38. The van der Waals surface area contributed by atoms with E-state index in [0.717, 1.165) is 5.39 Å². The lowest BCUT2D eigenvalue weighted by molar-refractivity contribution is -0.0239. The molecule has 2 atom stereocenters. The minimum absolute atomic E-state index is 0.338. The van der Waals surface area contributed by atoms with Crippen LogP contribution in [0.5, 0.6) is 0 Å². The second kappa shape index (κ2) is 5.08. The summed E-state index contributed by atoms with van der Waals surface area (Å²) in [5, 5.41) is 14.5. The van der Waals surface area contributed by atoms with Gasteiger partial charge in [0.05, 0.1) is 6.26 Å². The van der Waals surface area contributed by atoms with E-state index in [2.05, 4.69) is 5.32 Å². The van der Waals surface area contributed by atoms with Crippen LogP contribution in [0.2, 0.25) is 0 Å². The van der Waals surface area contributed by atoms with E-state index in [1.807, 2.05) is 19.1 Å². The highest BCUT2D eigenvalue weighted by Crippen LogP contribution is 2.30. The number of halogens is 1. The van der Waals surface area contributed by atoms with Gasteiger partial charge in [0.25, 0.3) is 0 Å². The Kier molecular flexibility index (Phi) is 3.68. The van der Waals surface area contributed by atoms with Crippen molar-refractivity contribution in [3.05, 3.63) is 36.1 Å². The third-order valence-electron chi connectivity index (χ3n) is 3.49. The number of benzene rings is 1. The van der Waals surface area contributed by atoms with E-state index in [0.29, 0.717) is 17.6 Å². The molecule has 98 valence electrons. The van der Waals surface area contributed by atoms with E-state index in [9.17, 15) is 9.50 Å². The van der Waals surface area contributed by atoms with Crippen molar-refractivity contribution in [2.45, 2.75) is 25.0 Å². The van der Waals surface area contributed by atoms with E-state index in [1.165, 1.54) is 0 Å². The molecule has 0 aliphatic carbocycles. The van der Waals surface area contributed by atoms with Crippen molar-refractivity contribution < 1.29 is 13.9 Å². The highest BCUT2D eigenvalue weighted by Gasteiger charge is 2.37. The van der Waals surface area contributed by atoms with Crippen LogP contribution in [0.15, 0.2) is 34.9 Å². The zero-order chi connectivity index (χ0) is 13.2. The number of fused-ring (bicyclic) bond motifs is 1. The molecular formula is C14H18FNO2. The number of rotatable bonds is 5. The summed E-state index contributed by atoms with van der Waals surface area (Å²) in [6, 6.07) is 6.78. The van der Waals surface area contributed by atoms with Gasteiger partial charge in [0.1, 0.15) is 17.9 Å². The first-order valence-electron chi connectivity index (χ1n) is 6.09. The van der Waals surface area contributed by atoms with E-state index in [4.69, 9.17) is 4.42 Å². The molecule has 1 heterocycles. The first kappa shape index (κ1) is 13.1. The molecule has 0 radical (unpaired) electrons. The Morgan fingerprint density at radius 2 is 2.22 bits per heavy atom. The van der Waals surface area contributed by atoms with Gasteiger partial charge in [0, 0.05) is 11.4 Å². The summed E-state index contributed by atoms with van der Waals surface area (Å²) >= 11 is 0. The molecule has 2 aromatic rings. The third kappa shape index (κ3) is 2.02. The Morgan fingerprint density at radius 3 is 2.83 bits per heavy atom. The van der Waals surface area contributed by atoms with Gasteiger partial charge in [-0.25, -0.2) is 4.39 Å². The Labute approximate surface area is 106 Å². The molecule has 0 saturated carbocycles. The Hall–Kier alpha value is -1.39. The summed E-state index contributed by atoms with van der Waals surface area (Å²) in [5.74, 6) is 0. The number of nitrogens with one attached hydrogen (secondary N) is 1. The van der Waals surface area contributed by atoms with Crippen molar-refractivity contribution in [3.8, 4) is 0 Å². The van der Waals surface area contributed by atoms with Crippen LogP contribution in [0.4, 0.5) is 4.39 Å². The summed E-state index contributed by atoms with van der Waals surface area (Å²) < 4.78 is 18.6. The molecule has 0 bridgehead atoms. The molecule has 0 spiro atoms. The number of aliphatic hydroxyl groups is 1. The van der Waals surface area contributed by atoms with Crippen LogP contribution in [0, 0.1) is 0 Å². The number of likely N-dealkylation sites (N-methyl/N-ethyl adjacent to an activating group) is 1. The molecule has 1 aromatic carbocycles. The van der Waals surface area contributed by atoms with Crippen molar-refractivity contribution in [1.82, 2.24) is 5.32 Å². The van der Waals surface area contributed by atoms with Crippen LogP contribution in [0.25, 0.3) is 11.0 Å². The first-order chi connectivity index (χ1) is 8.65. The second-order valence-corrected chi connectivity index (χ2v) is 4.48. The average Bonchev–Trinajstić information content (AvgIpc) is 2.86. The van der Waals surface area contributed by atoms with Crippen molar-refractivity contribution >= 4 is 11.0 Å². The van der Waals surface area contributed by atoms with Crippen molar-refractivity contribution in [1.29, 1.82) is 0 Å². The zero-order valence-electron chi connectivity index (χ0n) is 10.6. The fourth-order valence-corrected chi connectivity index (χ4v) is 2.38. The molecule has 0 amide bonds. The molecule has 2 N–H and O–H groups in total. The monoisotopic (exact) mass is 251 g/mol. The summed E-state index contributed by atoms with van der Waals surface area (Å²) in [6.07, 6.45) is 2.21. The fraction of sp³-hybridized carbons (Fsp3) is 0.429. The normalized spacial score (nSPS) is 16.7. The molecule has 2 rings (SSSR count). The molecule has 1 aromatic heterocycles. The maximum Gasteiger partial charge on any atom is 0.134 e. The number of alkyl halides is 1. The van der Waals surface area contributed by atoms with Gasteiger partial charge in [-0.15, -0.1) is 0 Å². The van der Waals surface area contributed by atoms with Gasteiger partial charge in [-0.2, -0.15) is 0 Å². The quantitative estimate of drug-likeness (QED) is 0.858. The van der Waals surface area contributed by atoms with Crippen molar-refractivity contribution in [2.75, 3.05) is 13.7 Å². The summed E-state index contributed by atoms with van der Waals surface area (Å²) in [5.41, 5.74) is -0.330. The number of hydrogen-bond donors (Lipinski definition) is 2. The van der Waals surface area contributed by atoms with Crippen LogP contribution in [0.1, 0.15) is 18.9 Å². The van der Waals surface area contributed by atoms with Crippen LogP contribution >= 0.6 is 0 Å². The van der Waals surface area contributed by atoms with Gasteiger partial charge < -0.3 is 14.8 Å². The van der Waals surface area contributed by atoms with Crippen molar-refractivity contribution in [2.24, 2.45) is 0 Å². The third-order valence-corrected chi connectivity index (χ3v) is 3.49. The van der Waals surface area contributed by atoms with Crippen LogP contribution < -0.4 is 5.32 Å². The number of furan rings is 1. The molecule has 18 heavy (non-hydrogen) atoms. The van der Waals surface area contributed by atoms with Crippen LogP contribution in [0.3, 0.4) is 0 Å². The second-order valence-electron chi connectivity index (χ2n) is 4.48. The Balaban J connectivity index is 2.47. The molecule has 0 aliphatic rings. The standard InChI is InChI=1S/C14H18FNO2/c1-3-13(16-2)14(17,9-15)11-5-4-10-6-7-18-12(10)8-11/h4-8,13,16-17H,3,9H2,1-2H3. The van der Waals surface area contributed by atoms with E-state index in [1.54, 1.807) is 25.4 Å². The SMILES string of the molecule is CCC(NC)C(O)(CF)c1ccc2ccoc2c1. The van der Waals surface area contributed by atoms with Gasteiger partial charge in [0.2, 0.25) is 0 Å². The van der Waals surface area contributed by atoms with Gasteiger partial charge in [-0.1, -0.05) is 19.1 Å². The van der Waals surface area contributed by atoms with Gasteiger partial charge in [0.15, 0.2) is 0 Å². The van der Waals surface area contributed by atoms with E-state index in [-0.39, 0.29) is 6.04 Å². The maximum atomic E-state index is 13.4. The highest BCUT2D eigenvalue weighted by molar-refractivity contribution is 5.77. The topological polar surface area (TPSA) is 45.4 Å². The van der Waals surface area contributed by atoms with Gasteiger partial charge in [-0.05, 0) is 31.2 Å². The molecule has 2 unspecified atom stereocenters. The Morgan fingerprint density at radius 1 is 1.44 bits per heavy atom. The van der Waals surface area contributed by atoms with Crippen LogP contribution in [-0.4, -0.2) is 24.9 Å². The molecule has 0 aliphatic heterocycles. The largest absolute Gasteiger partial charge is 0.464 e. The molecule has 3 nitrogen and oxygen atoms in total. The summed E-state index contributed by atoms with van der Waals surface area (Å²) in [7, 11) is 1.72. The molecule has 0 fully saturated rings. The van der Waals surface area contributed by atoms with Crippen molar-refractivity contribution in [3.63, 3.8) is 0 Å². The molecule has 4 heteroatoms. The lowest BCUT2D eigenvalue weighted by Crippen LogP contribution is -2.48. The minimum atomic E-state index is -1.52.